The molecule has 2 aliphatic rings. The molecule has 0 N–H and O–H groups in total. The largest absolute Gasteiger partial charge is 0.457 e. The number of pyridine rings is 3. The van der Waals surface area contributed by atoms with Crippen molar-refractivity contribution in [3.8, 4) is 51.3 Å². The van der Waals surface area contributed by atoms with Gasteiger partial charge in [0.25, 0.3) is 0 Å². The first-order valence-corrected chi connectivity index (χ1v) is 31.0. The van der Waals surface area contributed by atoms with Crippen LogP contribution in [-0.2, 0) is 5.41 Å². The minimum absolute atomic E-state index is 0.744. The van der Waals surface area contributed by atoms with E-state index in [1.807, 2.05) is 12.4 Å². The number of nitrogens with zero attached hydrogens (tertiary/aromatic N) is 8. The molecule has 0 amide bonds. The molecule has 422 valence electrons. The molecule has 0 saturated heterocycles. The summed E-state index contributed by atoms with van der Waals surface area (Å²) in [5.74, 6) is 1.49. The Morgan fingerprint density at radius 3 is 1.13 bits per heavy atom. The molecule has 1 spiro atoms. The van der Waals surface area contributed by atoms with E-state index in [1.165, 1.54) is 43.1 Å². The Bertz CT molecular complexity index is 6030. The molecular formula is C82H48N8O. The zero-order chi connectivity index (χ0) is 59.2. The summed E-state index contributed by atoms with van der Waals surface area (Å²) in [4.78, 5) is 16.0. The maximum absolute atomic E-state index is 7.72. The van der Waals surface area contributed by atoms with Crippen LogP contribution in [0, 0.1) is 0 Å². The van der Waals surface area contributed by atoms with Crippen molar-refractivity contribution in [3.63, 3.8) is 0 Å². The maximum atomic E-state index is 7.72. The Balaban J connectivity index is 0.877. The van der Waals surface area contributed by atoms with E-state index in [9.17, 15) is 0 Å². The summed E-state index contributed by atoms with van der Waals surface area (Å²) in [6, 6.07) is 97.3. The highest BCUT2D eigenvalue weighted by atomic mass is 16.5. The highest BCUT2D eigenvalue weighted by molar-refractivity contribution is 6.14. The molecule has 11 aromatic carbocycles. The van der Waals surface area contributed by atoms with E-state index in [0.29, 0.717) is 0 Å². The highest BCUT2D eigenvalue weighted by Crippen LogP contribution is 2.64. The van der Waals surface area contributed by atoms with Crippen molar-refractivity contribution in [2.24, 2.45) is 0 Å². The van der Waals surface area contributed by atoms with Gasteiger partial charge in [-0.25, -0.2) is 0 Å². The Hall–Kier alpha value is -12.3. The summed E-state index contributed by atoms with van der Waals surface area (Å²) in [6.07, 6.45) is 7.97. The third kappa shape index (κ3) is 6.35. The molecular weight excluding hydrogens is 1110 g/mol. The smallest absolute Gasteiger partial charge is 0.134 e. The number of para-hydroxylation sites is 8. The van der Waals surface area contributed by atoms with Gasteiger partial charge in [-0.1, -0.05) is 158 Å². The van der Waals surface area contributed by atoms with E-state index in [2.05, 4.69) is 307 Å². The van der Waals surface area contributed by atoms with Crippen LogP contribution in [0.15, 0.2) is 292 Å². The van der Waals surface area contributed by atoms with Crippen LogP contribution in [0.3, 0.4) is 0 Å². The number of ether oxygens (including phenoxy) is 1. The molecule has 9 heterocycles. The van der Waals surface area contributed by atoms with Crippen molar-refractivity contribution < 1.29 is 4.74 Å². The molecule has 0 unspecified atom stereocenters. The van der Waals surface area contributed by atoms with E-state index in [4.69, 9.17) is 14.7 Å². The lowest BCUT2D eigenvalue weighted by Crippen LogP contribution is -2.34. The molecule has 8 aromatic heterocycles. The second-order valence-corrected chi connectivity index (χ2v) is 24.3. The zero-order valence-electron chi connectivity index (χ0n) is 48.7. The van der Waals surface area contributed by atoms with E-state index in [0.717, 1.165) is 140 Å². The van der Waals surface area contributed by atoms with Gasteiger partial charge in [0.1, 0.15) is 11.5 Å². The second kappa shape index (κ2) is 17.9. The number of fused-ring (bicyclic) bond motifs is 24. The molecule has 21 rings (SSSR count). The fourth-order valence-electron chi connectivity index (χ4n) is 16.3. The van der Waals surface area contributed by atoms with Gasteiger partial charge in [-0.15, -0.1) is 0 Å². The third-order valence-corrected chi connectivity index (χ3v) is 19.9. The standard InChI is InChI=1S/C82H48N8O/c1-10-27-67-53(18-1)54-19-2-11-28-68(54)88(67)51-43-64-80(84-46-51)81-65(44-52(47-85-81)89-69-29-12-3-20-55(69)56-21-4-13-30-70(56)89)82(64)63-38-36-50(45-78(63)91-77-35-17-34-75(79(77)82)90-72-32-15-6-22-57(72)58-23-7-16-33-73(58)90)86-71-31-14-8-25-60(71)62-42-49(37-39-74(62)86)87-66-26-9-5-24-59(66)61-40-41-83-48-76(61)87/h1-48H. The Morgan fingerprint density at radius 2 is 0.648 bits per heavy atom. The normalized spacial score (nSPS) is 13.2. The van der Waals surface area contributed by atoms with Crippen LogP contribution in [0.1, 0.15) is 22.3 Å². The molecule has 0 atom stereocenters. The van der Waals surface area contributed by atoms with Crippen LogP contribution in [0.2, 0.25) is 0 Å². The predicted molar refractivity (Wildman–Crippen MR) is 369 cm³/mol. The summed E-state index contributed by atoms with van der Waals surface area (Å²) >= 11 is 0. The van der Waals surface area contributed by atoms with Gasteiger partial charge in [0, 0.05) is 99.8 Å². The Kier molecular flexibility index (Phi) is 9.59. The van der Waals surface area contributed by atoms with Crippen LogP contribution >= 0.6 is 0 Å². The molecule has 9 nitrogen and oxygen atoms in total. The Morgan fingerprint density at radius 1 is 0.264 bits per heavy atom. The maximum Gasteiger partial charge on any atom is 0.134 e. The van der Waals surface area contributed by atoms with Gasteiger partial charge in [0.05, 0.1) is 108 Å². The molecule has 0 radical (unpaired) electrons. The number of benzene rings is 11. The van der Waals surface area contributed by atoms with E-state index in [-0.39, 0.29) is 0 Å². The first-order chi connectivity index (χ1) is 45.2. The summed E-state index contributed by atoms with van der Waals surface area (Å²) < 4.78 is 19.7. The van der Waals surface area contributed by atoms with E-state index < -0.39 is 5.41 Å². The topological polar surface area (TPSA) is 72.6 Å². The van der Waals surface area contributed by atoms with Crippen molar-refractivity contribution in [3.05, 3.63) is 314 Å². The van der Waals surface area contributed by atoms with Gasteiger partial charge in [-0.2, -0.15) is 0 Å². The predicted octanol–water partition coefficient (Wildman–Crippen LogP) is 19.8. The molecule has 1 aliphatic heterocycles. The lowest BCUT2D eigenvalue weighted by molar-refractivity contribution is 0.435. The highest BCUT2D eigenvalue weighted by Gasteiger charge is 2.55. The van der Waals surface area contributed by atoms with E-state index >= 15 is 0 Å². The van der Waals surface area contributed by atoms with Gasteiger partial charge < -0.3 is 27.6 Å². The first kappa shape index (κ1) is 48.7. The van der Waals surface area contributed by atoms with Crippen LogP contribution in [0.25, 0.3) is 149 Å². The molecule has 19 aromatic rings. The number of hydrogen-bond donors (Lipinski definition) is 0. The molecule has 0 saturated carbocycles. The number of aromatic nitrogens is 8. The molecule has 0 bridgehead atoms. The zero-order valence-corrected chi connectivity index (χ0v) is 48.7. The van der Waals surface area contributed by atoms with E-state index in [1.54, 1.807) is 0 Å². The van der Waals surface area contributed by atoms with Gasteiger partial charge in [0.15, 0.2) is 0 Å². The summed E-state index contributed by atoms with van der Waals surface area (Å²) in [5.41, 5.74) is 20.6. The van der Waals surface area contributed by atoms with Crippen LogP contribution in [-0.4, -0.2) is 37.8 Å². The third-order valence-electron chi connectivity index (χ3n) is 19.9. The lowest BCUT2D eigenvalue weighted by atomic mass is 9.65. The minimum Gasteiger partial charge on any atom is -0.457 e. The van der Waals surface area contributed by atoms with Crippen LogP contribution < -0.4 is 4.74 Å². The number of rotatable bonds is 5. The van der Waals surface area contributed by atoms with Crippen molar-refractivity contribution >= 4 is 109 Å². The first-order valence-electron chi connectivity index (χ1n) is 31.0. The lowest BCUT2D eigenvalue weighted by Gasteiger charge is -2.40. The van der Waals surface area contributed by atoms with Crippen LogP contribution in [0.5, 0.6) is 11.5 Å². The summed E-state index contributed by atoms with van der Waals surface area (Å²) in [7, 11) is 0. The average Bonchev–Trinajstić information content (AvgIpc) is 1.58. The summed E-state index contributed by atoms with van der Waals surface area (Å²) in [5, 5.41) is 11.8. The number of hydrogen-bond acceptors (Lipinski definition) is 4. The average molecular weight is 1160 g/mol. The van der Waals surface area contributed by atoms with Crippen LogP contribution in [0.4, 0.5) is 0 Å². The molecule has 91 heavy (non-hydrogen) atoms. The molecule has 9 heteroatoms. The monoisotopic (exact) mass is 1160 g/mol. The van der Waals surface area contributed by atoms with Gasteiger partial charge in [-0.3, -0.25) is 15.0 Å². The fourth-order valence-corrected chi connectivity index (χ4v) is 16.3. The fraction of sp³-hybridized carbons (Fsp3) is 0.0122. The van der Waals surface area contributed by atoms with Crippen molar-refractivity contribution in [2.45, 2.75) is 5.41 Å². The van der Waals surface area contributed by atoms with Gasteiger partial charge in [-0.05, 0) is 103 Å². The van der Waals surface area contributed by atoms with Crippen molar-refractivity contribution in [2.75, 3.05) is 0 Å². The van der Waals surface area contributed by atoms with Crippen molar-refractivity contribution in [1.29, 1.82) is 0 Å². The molecule has 0 fully saturated rings. The van der Waals surface area contributed by atoms with Gasteiger partial charge >= 0.3 is 0 Å². The van der Waals surface area contributed by atoms with Gasteiger partial charge in [0.2, 0.25) is 0 Å². The van der Waals surface area contributed by atoms with Crippen molar-refractivity contribution in [1.82, 2.24) is 37.8 Å². The quantitative estimate of drug-likeness (QED) is 0.172. The second-order valence-electron chi connectivity index (χ2n) is 24.3. The molecule has 1 aliphatic carbocycles. The SMILES string of the molecule is c1cc2c(c(-n3c4ccccc4c4ccccc43)c1)C1(c3ccc(-n4c5ccccc5c5cc(-n6c7ccccc7c7ccncc76)ccc54)cc3O2)c2cc(-n3c4ccccc4c4ccccc43)cnc2-c2ncc(-n3c4ccccc4c4ccccc43)cc21. The minimum atomic E-state index is -1.09. The summed E-state index contributed by atoms with van der Waals surface area (Å²) in [6.45, 7) is 0. The Labute approximate surface area is 519 Å².